The molecule has 0 unspecified atom stereocenters. The first-order chi connectivity index (χ1) is 16.9. The van der Waals surface area contributed by atoms with Gasteiger partial charge in [-0.2, -0.15) is 21.9 Å². The van der Waals surface area contributed by atoms with Gasteiger partial charge in [0.1, 0.15) is 6.15 Å². The third-order valence-corrected chi connectivity index (χ3v) is 7.20. The summed E-state index contributed by atoms with van der Waals surface area (Å²) < 4.78 is 0. The number of rotatable bonds is 7. The van der Waals surface area contributed by atoms with Crippen LogP contribution in [-0.4, -0.2) is 24.3 Å². The van der Waals surface area contributed by atoms with E-state index < -0.39 is 6.15 Å². The number of quaternary nitrogens is 1. The quantitative estimate of drug-likeness (QED) is 0.393. The summed E-state index contributed by atoms with van der Waals surface area (Å²) in [7, 11) is 0. The van der Waals surface area contributed by atoms with Gasteiger partial charge in [0.05, 0.1) is 18.1 Å². The van der Waals surface area contributed by atoms with Crippen LogP contribution >= 0.6 is 0 Å². The molecule has 0 aliphatic rings. The molecule has 0 saturated heterocycles. The van der Waals surface area contributed by atoms with Gasteiger partial charge in [0.2, 0.25) is 0 Å². The predicted octanol–water partition coefficient (Wildman–Crippen LogP) is 4.16. The summed E-state index contributed by atoms with van der Waals surface area (Å²) in [5.41, 5.74) is 5.36. The summed E-state index contributed by atoms with van der Waals surface area (Å²) in [6, 6.07) is 45.8. The van der Waals surface area contributed by atoms with Crippen LogP contribution in [0.4, 0.5) is 0 Å². The fourth-order valence-corrected chi connectivity index (χ4v) is 6.12. The Morgan fingerprint density at radius 1 is 0.371 bits per heavy atom. The average molecular weight is 464 g/mol. The Hall–Kier alpha value is -3.10. The molecule has 1 nitrogen and oxygen atoms in total. The zero-order valence-corrected chi connectivity index (χ0v) is 22.4. The molecule has 1 N–H and O–H groups in total. The van der Waals surface area contributed by atoms with Gasteiger partial charge in [-0.15, -0.1) is 0 Å². The largest absolute Gasteiger partial charge is 0.329 e. The second-order valence-corrected chi connectivity index (χ2v) is 10.5. The number of benzene rings is 4. The normalized spacial score (nSPS) is 11.6. The lowest BCUT2D eigenvalue weighted by molar-refractivity contribution is -0.962. The topological polar surface area (TPSA) is 4.44 Å². The van der Waals surface area contributed by atoms with Crippen molar-refractivity contribution >= 4 is 28.0 Å². The van der Waals surface area contributed by atoms with Gasteiger partial charge in [0.25, 0.3) is 0 Å². The highest BCUT2D eigenvalue weighted by atomic mass is 15.2. The smallest absolute Gasteiger partial charge is 0.108 e. The zero-order chi connectivity index (χ0) is 25.3. The molecule has 0 heterocycles. The molecule has 0 atom stereocenters. The van der Waals surface area contributed by atoms with Gasteiger partial charge < -0.3 is 4.90 Å². The van der Waals surface area contributed by atoms with Crippen molar-refractivity contribution in [1.29, 1.82) is 0 Å². The fourth-order valence-electron chi connectivity index (χ4n) is 6.12. The van der Waals surface area contributed by atoms with Gasteiger partial charge in [-0.3, -0.25) is 0 Å². The van der Waals surface area contributed by atoms with Crippen molar-refractivity contribution in [1.82, 2.24) is 0 Å². The lowest BCUT2D eigenvalue weighted by atomic mass is 9.13. The fraction of sp³-hybridized carbons (Fsp3) is 0.273. The second-order valence-electron chi connectivity index (χ2n) is 10.5. The summed E-state index contributed by atoms with van der Waals surface area (Å²) in [6.07, 6.45) is -1.22. The van der Waals surface area contributed by atoms with Crippen molar-refractivity contribution in [3.05, 3.63) is 121 Å². The predicted molar refractivity (Wildman–Crippen MR) is 156 cm³/mol. The molecule has 0 aliphatic heterocycles. The van der Waals surface area contributed by atoms with E-state index in [0.717, 1.165) is 18.1 Å². The number of hydrogen-bond acceptors (Lipinski definition) is 0. The van der Waals surface area contributed by atoms with E-state index in [4.69, 9.17) is 0 Å². The van der Waals surface area contributed by atoms with Crippen LogP contribution in [0.5, 0.6) is 0 Å². The molecule has 2 heteroatoms. The molecule has 0 bridgehead atoms. The van der Waals surface area contributed by atoms with Gasteiger partial charge in [-0.25, -0.2) is 0 Å². The molecule has 4 aromatic carbocycles. The highest BCUT2D eigenvalue weighted by Gasteiger charge is 2.31. The summed E-state index contributed by atoms with van der Waals surface area (Å²) in [5.74, 6) is 0. The van der Waals surface area contributed by atoms with E-state index in [9.17, 15) is 0 Å². The SMILES string of the molecule is CC(C)[NH+](C(C)C)C(C)C.c1ccc([B-](c2ccccc2)(c2ccccc2)c2ccccc2)cc1. The highest BCUT2D eigenvalue weighted by Crippen LogP contribution is 2.09. The van der Waals surface area contributed by atoms with E-state index in [1.165, 1.54) is 21.9 Å². The number of hydrogen-bond donors (Lipinski definition) is 1. The van der Waals surface area contributed by atoms with Crippen molar-refractivity contribution < 1.29 is 4.90 Å². The molecular formula is C33H42BN. The van der Waals surface area contributed by atoms with Crippen molar-refractivity contribution in [2.75, 3.05) is 0 Å². The first-order valence-electron chi connectivity index (χ1n) is 13.1. The molecular weight excluding hydrogens is 421 g/mol. The Kier molecular flexibility index (Phi) is 9.51. The standard InChI is InChI=1S/C24H20B.C9H21N/c1-5-13-21(14-6-1)25(22-15-7-2-8-16-22,23-17-9-3-10-18-23)24-19-11-4-12-20-24;1-7(2)10(8(3)4)9(5)6/h1-20H;7-9H,1-6H3/q-1;/p+1. The first kappa shape index (κ1) is 26.5. The monoisotopic (exact) mass is 463 g/mol. The van der Waals surface area contributed by atoms with Crippen LogP contribution in [0.25, 0.3) is 0 Å². The van der Waals surface area contributed by atoms with Crippen molar-refractivity contribution in [3.8, 4) is 0 Å². The molecule has 0 aromatic heterocycles. The third kappa shape index (κ3) is 6.13. The van der Waals surface area contributed by atoms with Gasteiger partial charge in [0.15, 0.2) is 0 Å². The van der Waals surface area contributed by atoms with Crippen LogP contribution in [0.2, 0.25) is 0 Å². The molecule has 0 amide bonds. The maximum absolute atomic E-state index is 2.29. The van der Waals surface area contributed by atoms with E-state index in [1.54, 1.807) is 4.90 Å². The molecule has 35 heavy (non-hydrogen) atoms. The third-order valence-electron chi connectivity index (χ3n) is 7.20. The van der Waals surface area contributed by atoms with Crippen LogP contribution < -0.4 is 26.8 Å². The van der Waals surface area contributed by atoms with Crippen LogP contribution in [0.1, 0.15) is 41.5 Å². The minimum Gasteiger partial charge on any atom is -0.329 e. The first-order valence-corrected chi connectivity index (χ1v) is 13.1. The van der Waals surface area contributed by atoms with Gasteiger partial charge in [-0.1, -0.05) is 121 Å². The van der Waals surface area contributed by atoms with E-state index in [-0.39, 0.29) is 0 Å². The van der Waals surface area contributed by atoms with Crippen LogP contribution in [0.3, 0.4) is 0 Å². The molecule has 0 saturated carbocycles. The van der Waals surface area contributed by atoms with Crippen molar-refractivity contribution in [3.63, 3.8) is 0 Å². The summed E-state index contributed by atoms with van der Waals surface area (Å²) in [5, 5.41) is 0. The van der Waals surface area contributed by atoms with E-state index in [0.29, 0.717) is 0 Å². The van der Waals surface area contributed by atoms with Gasteiger partial charge >= 0.3 is 0 Å². The Bertz CT molecular complexity index is 924. The van der Waals surface area contributed by atoms with Crippen LogP contribution in [0.15, 0.2) is 121 Å². The lowest BCUT2D eigenvalue weighted by Gasteiger charge is -2.44. The average Bonchev–Trinajstić information content (AvgIpc) is 2.87. The van der Waals surface area contributed by atoms with Crippen LogP contribution in [0, 0.1) is 0 Å². The molecule has 0 spiro atoms. The maximum atomic E-state index is 2.29. The molecule has 0 aliphatic carbocycles. The minimum atomic E-state index is -1.22. The molecule has 4 aromatic rings. The van der Waals surface area contributed by atoms with Crippen molar-refractivity contribution in [2.24, 2.45) is 0 Å². The second kappa shape index (κ2) is 12.6. The lowest BCUT2D eigenvalue weighted by Crippen LogP contribution is -3.20. The van der Waals surface area contributed by atoms with E-state index in [2.05, 4.69) is 163 Å². The van der Waals surface area contributed by atoms with Crippen molar-refractivity contribution in [2.45, 2.75) is 59.7 Å². The van der Waals surface area contributed by atoms with E-state index in [1.807, 2.05) is 0 Å². The Morgan fingerprint density at radius 2 is 0.571 bits per heavy atom. The Morgan fingerprint density at radius 3 is 0.714 bits per heavy atom. The summed E-state index contributed by atoms with van der Waals surface area (Å²) in [6.45, 7) is 13.7. The Labute approximate surface area is 213 Å². The molecule has 0 radical (unpaired) electrons. The highest BCUT2D eigenvalue weighted by molar-refractivity contribution is 7.19. The van der Waals surface area contributed by atoms with Gasteiger partial charge in [-0.05, 0) is 41.5 Å². The molecule has 0 fully saturated rings. The maximum Gasteiger partial charge on any atom is 0.108 e. The Balaban J connectivity index is 0.000000292. The van der Waals surface area contributed by atoms with E-state index >= 15 is 0 Å². The van der Waals surface area contributed by atoms with Gasteiger partial charge in [0, 0.05) is 0 Å². The summed E-state index contributed by atoms with van der Waals surface area (Å²) in [4.78, 5) is 1.69. The molecule has 182 valence electrons. The minimum absolute atomic E-state index is 0.750. The molecule has 4 rings (SSSR count). The zero-order valence-electron chi connectivity index (χ0n) is 22.4. The van der Waals surface area contributed by atoms with Crippen LogP contribution in [-0.2, 0) is 0 Å². The summed E-state index contributed by atoms with van der Waals surface area (Å²) >= 11 is 0. The number of nitrogens with one attached hydrogen (secondary N) is 1.